The second kappa shape index (κ2) is 11.5. The highest BCUT2D eigenvalue weighted by molar-refractivity contribution is 14.0. The molecule has 0 saturated carbocycles. The molecule has 1 aromatic heterocycles. The number of aromatic nitrogens is 3. The zero-order valence-electron chi connectivity index (χ0n) is 17.4. The Morgan fingerprint density at radius 1 is 1.21 bits per heavy atom. The molecule has 0 fully saturated rings. The number of halogens is 1. The number of thioether (sulfide) groups is 1. The molecule has 0 bridgehead atoms. The van der Waals surface area contributed by atoms with Crippen molar-refractivity contribution in [2.75, 3.05) is 19.9 Å². The predicted octanol–water partition coefficient (Wildman–Crippen LogP) is 3.13. The molecule has 0 unspecified atom stereocenters. The summed E-state index contributed by atoms with van der Waals surface area (Å²) >= 11 is 1.82. The van der Waals surface area contributed by atoms with E-state index >= 15 is 0 Å². The van der Waals surface area contributed by atoms with E-state index in [1.54, 1.807) is 7.11 Å². The number of rotatable bonds is 8. The van der Waals surface area contributed by atoms with Crippen LogP contribution in [0.5, 0.6) is 5.75 Å². The lowest BCUT2D eigenvalue weighted by Gasteiger charge is -2.24. The van der Waals surface area contributed by atoms with Crippen LogP contribution in [0.4, 0.5) is 0 Å². The molecule has 0 radical (unpaired) electrons. The zero-order chi connectivity index (χ0) is 19.9. The number of methoxy groups -OCH3 is 1. The molecule has 0 spiro atoms. The molecule has 0 aliphatic carbocycles. The summed E-state index contributed by atoms with van der Waals surface area (Å²) in [6, 6.07) is 7.95. The van der Waals surface area contributed by atoms with Gasteiger partial charge in [0.25, 0.3) is 0 Å². The van der Waals surface area contributed by atoms with Crippen molar-refractivity contribution in [2.45, 2.75) is 38.6 Å². The van der Waals surface area contributed by atoms with Gasteiger partial charge in [-0.3, -0.25) is 0 Å². The molecule has 156 valence electrons. The first kappa shape index (κ1) is 24.5. The van der Waals surface area contributed by atoms with Crippen molar-refractivity contribution in [3.63, 3.8) is 0 Å². The van der Waals surface area contributed by atoms with Crippen LogP contribution in [0.25, 0.3) is 0 Å². The third-order valence-electron chi connectivity index (χ3n) is 4.41. The van der Waals surface area contributed by atoms with Crippen LogP contribution in [-0.4, -0.2) is 45.4 Å². The van der Waals surface area contributed by atoms with Crippen molar-refractivity contribution in [2.24, 2.45) is 12.0 Å². The Morgan fingerprint density at radius 3 is 2.43 bits per heavy atom. The Kier molecular flexibility index (Phi) is 10.1. The maximum absolute atomic E-state index is 5.21. The summed E-state index contributed by atoms with van der Waals surface area (Å²) in [5.74, 6) is 3.36. The van der Waals surface area contributed by atoms with Crippen LogP contribution in [0, 0.1) is 6.92 Å². The predicted molar refractivity (Wildman–Crippen MR) is 128 cm³/mol. The smallest absolute Gasteiger partial charge is 0.192 e. The fourth-order valence-corrected chi connectivity index (χ4v) is 2.43. The van der Waals surface area contributed by atoms with Crippen LogP contribution in [0.15, 0.2) is 29.3 Å². The van der Waals surface area contributed by atoms with Gasteiger partial charge in [0, 0.05) is 18.3 Å². The normalized spacial score (nSPS) is 11.7. The summed E-state index contributed by atoms with van der Waals surface area (Å²) in [7, 11) is 3.63. The van der Waals surface area contributed by atoms with E-state index in [0.717, 1.165) is 35.5 Å². The van der Waals surface area contributed by atoms with E-state index in [9.17, 15) is 0 Å². The molecule has 2 aromatic rings. The number of aliphatic imine (C=N–C) groups is 1. The van der Waals surface area contributed by atoms with Crippen LogP contribution in [0.1, 0.15) is 31.1 Å². The number of benzene rings is 1. The maximum atomic E-state index is 5.21. The maximum Gasteiger partial charge on any atom is 0.192 e. The van der Waals surface area contributed by atoms with Crippen molar-refractivity contribution in [3.05, 3.63) is 41.5 Å². The monoisotopic (exact) mass is 518 g/mol. The largest absolute Gasteiger partial charge is 0.497 e. The van der Waals surface area contributed by atoms with Gasteiger partial charge in [-0.05, 0) is 44.7 Å². The van der Waals surface area contributed by atoms with Crippen LogP contribution in [0.3, 0.4) is 0 Å². The molecule has 0 saturated heterocycles. The number of hydrogen-bond acceptors (Lipinski definition) is 5. The molecule has 28 heavy (non-hydrogen) atoms. The van der Waals surface area contributed by atoms with Gasteiger partial charge in [-0.25, -0.2) is 4.99 Å². The lowest BCUT2D eigenvalue weighted by Crippen LogP contribution is -2.43. The molecule has 0 atom stereocenters. The molecular formula is C19H31IN6OS. The average Bonchev–Trinajstić information content (AvgIpc) is 3.00. The van der Waals surface area contributed by atoms with Gasteiger partial charge in [0.2, 0.25) is 0 Å². The van der Waals surface area contributed by atoms with Gasteiger partial charge >= 0.3 is 0 Å². The minimum absolute atomic E-state index is 0. The highest BCUT2D eigenvalue weighted by atomic mass is 127. The third kappa shape index (κ3) is 7.50. The topological polar surface area (TPSA) is 76.4 Å². The van der Waals surface area contributed by atoms with Crippen molar-refractivity contribution in [3.8, 4) is 5.75 Å². The molecule has 0 amide bonds. The van der Waals surface area contributed by atoms with E-state index in [2.05, 4.69) is 40.9 Å². The first-order valence-electron chi connectivity index (χ1n) is 8.90. The number of nitrogens with one attached hydrogen (secondary N) is 2. The lowest BCUT2D eigenvalue weighted by molar-refractivity contribution is 0.414. The summed E-state index contributed by atoms with van der Waals surface area (Å²) in [5, 5.41) is 15.1. The standard InChI is InChI=1S/C19H30N6OS.HI/c1-14-23-24-17(25(14)4)12-21-18(22-13-19(2,3)27-6)20-11-15-7-9-16(26-5)10-8-15;/h7-10H,11-13H2,1-6H3,(H2,20,21,22);1H. The molecule has 1 aromatic carbocycles. The summed E-state index contributed by atoms with van der Waals surface area (Å²) < 4.78 is 7.29. The quantitative estimate of drug-likeness (QED) is 0.318. The fraction of sp³-hybridized carbons (Fsp3) is 0.526. The Morgan fingerprint density at radius 2 is 1.89 bits per heavy atom. The van der Waals surface area contributed by atoms with E-state index in [0.29, 0.717) is 13.1 Å². The summed E-state index contributed by atoms with van der Waals surface area (Å²) in [6.07, 6.45) is 2.12. The van der Waals surface area contributed by atoms with E-state index in [-0.39, 0.29) is 28.7 Å². The second-order valence-corrected chi connectivity index (χ2v) is 8.42. The van der Waals surface area contributed by atoms with E-state index < -0.39 is 0 Å². The molecular weight excluding hydrogens is 487 g/mol. The highest BCUT2D eigenvalue weighted by Crippen LogP contribution is 2.19. The molecule has 2 rings (SSSR count). The average molecular weight is 518 g/mol. The minimum atomic E-state index is 0. The third-order valence-corrected chi connectivity index (χ3v) is 5.66. The Bertz CT molecular complexity index is 760. The van der Waals surface area contributed by atoms with Crippen LogP contribution < -0.4 is 15.4 Å². The van der Waals surface area contributed by atoms with E-state index in [4.69, 9.17) is 9.73 Å². The number of nitrogens with zero attached hydrogens (tertiary/aromatic N) is 4. The molecule has 0 aliphatic heterocycles. The number of guanidine groups is 1. The molecule has 9 heteroatoms. The van der Waals surface area contributed by atoms with Crippen LogP contribution in [-0.2, 0) is 20.1 Å². The highest BCUT2D eigenvalue weighted by Gasteiger charge is 2.16. The van der Waals surface area contributed by atoms with Gasteiger partial charge in [-0.1, -0.05) is 12.1 Å². The molecule has 2 N–H and O–H groups in total. The van der Waals surface area contributed by atoms with Crippen LogP contribution >= 0.6 is 35.7 Å². The number of hydrogen-bond donors (Lipinski definition) is 2. The lowest BCUT2D eigenvalue weighted by atomic mass is 10.2. The van der Waals surface area contributed by atoms with Crippen molar-refractivity contribution >= 4 is 41.7 Å². The minimum Gasteiger partial charge on any atom is -0.497 e. The molecule has 0 aliphatic rings. The van der Waals surface area contributed by atoms with Gasteiger partial charge < -0.3 is 19.9 Å². The zero-order valence-corrected chi connectivity index (χ0v) is 20.6. The first-order chi connectivity index (χ1) is 12.8. The molecule has 1 heterocycles. The Labute approximate surface area is 189 Å². The summed E-state index contributed by atoms with van der Waals surface area (Å²) in [4.78, 5) is 4.73. The van der Waals surface area contributed by atoms with Gasteiger partial charge in [0.05, 0.1) is 20.2 Å². The number of ether oxygens (including phenoxy) is 1. The van der Waals surface area contributed by atoms with Gasteiger partial charge in [0.1, 0.15) is 11.6 Å². The van der Waals surface area contributed by atoms with Gasteiger partial charge in [-0.15, -0.1) is 34.2 Å². The van der Waals surface area contributed by atoms with Crippen molar-refractivity contribution in [1.29, 1.82) is 0 Å². The van der Waals surface area contributed by atoms with E-state index in [1.807, 2.05) is 54.6 Å². The molecule has 7 nitrogen and oxygen atoms in total. The Balaban J connectivity index is 0.00000392. The van der Waals surface area contributed by atoms with Gasteiger partial charge in [-0.2, -0.15) is 11.8 Å². The fourth-order valence-electron chi connectivity index (χ4n) is 2.21. The Hall–Kier alpha value is -1.49. The summed E-state index contributed by atoms with van der Waals surface area (Å²) in [6.45, 7) is 8.30. The number of aryl methyl sites for hydroxylation is 1. The van der Waals surface area contributed by atoms with Crippen molar-refractivity contribution in [1.82, 2.24) is 25.4 Å². The van der Waals surface area contributed by atoms with Gasteiger partial charge in [0.15, 0.2) is 11.8 Å². The first-order valence-corrected chi connectivity index (χ1v) is 10.1. The second-order valence-electron chi connectivity index (χ2n) is 6.91. The van der Waals surface area contributed by atoms with E-state index in [1.165, 1.54) is 0 Å². The van der Waals surface area contributed by atoms with Crippen molar-refractivity contribution < 1.29 is 4.74 Å². The SMILES string of the molecule is COc1ccc(CN=C(NCc2nnc(C)n2C)NCC(C)(C)SC)cc1.I. The summed E-state index contributed by atoms with van der Waals surface area (Å²) in [5.41, 5.74) is 1.12. The van der Waals surface area contributed by atoms with Crippen LogP contribution in [0.2, 0.25) is 0 Å².